The molecule has 1 atom stereocenters. The van der Waals surface area contributed by atoms with E-state index in [1.54, 1.807) is 19.2 Å². The molecule has 1 aromatic carbocycles. The summed E-state index contributed by atoms with van der Waals surface area (Å²) in [5, 5.41) is 8.74. The standard InChI is InChI=1S/C15H21N3O2/c1-10-11(14(19)16-2)6-5-8-12(10)18-15(20)13-7-3-4-9-17-13/h5-6,8,13,17H,3-4,7,9H2,1-2H3,(H,16,19)(H,18,20)/t13-/m1/s1. The highest BCUT2D eigenvalue weighted by Crippen LogP contribution is 2.20. The summed E-state index contributed by atoms with van der Waals surface area (Å²) in [5.41, 5.74) is 2.07. The van der Waals surface area contributed by atoms with Crippen LogP contribution in [0.4, 0.5) is 5.69 Å². The number of nitrogens with one attached hydrogen (secondary N) is 3. The smallest absolute Gasteiger partial charge is 0.251 e. The van der Waals surface area contributed by atoms with Crippen molar-refractivity contribution in [1.82, 2.24) is 10.6 Å². The van der Waals surface area contributed by atoms with Crippen LogP contribution in [0.5, 0.6) is 0 Å². The molecule has 5 heteroatoms. The van der Waals surface area contributed by atoms with E-state index in [1.807, 2.05) is 13.0 Å². The highest BCUT2D eigenvalue weighted by atomic mass is 16.2. The monoisotopic (exact) mass is 275 g/mol. The molecule has 1 heterocycles. The lowest BCUT2D eigenvalue weighted by molar-refractivity contribution is -0.118. The van der Waals surface area contributed by atoms with Crippen LogP contribution < -0.4 is 16.0 Å². The number of piperidine rings is 1. The topological polar surface area (TPSA) is 70.2 Å². The van der Waals surface area contributed by atoms with Crippen LogP contribution in [-0.2, 0) is 4.79 Å². The summed E-state index contributed by atoms with van der Waals surface area (Å²) in [6.45, 7) is 2.73. The quantitative estimate of drug-likeness (QED) is 0.781. The van der Waals surface area contributed by atoms with Crippen molar-refractivity contribution in [3.05, 3.63) is 29.3 Å². The van der Waals surface area contributed by atoms with Crippen molar-refractivity contribution in [2.24, 2.45) is 0 Å². The zero-order valence-corrected chi connectivity index (χ0v) is 12.0. The van der Waals surface area contributed by atoms with Gasteiger partial charge in [-0.1, -0.05) is 12.5 Å². The van der Waals surface area contributed by atoms with E-state index < -0.39 is 0 Å². The molecule has 1 saturated heterocycles. The predicted octanol–water partition coefficient (Wildman–Crippen LogP) is 1.44. The Morgan fingerprint density at radius 3 is 2.75 bits per heavy atom. The van der Waals surface area contributed by atoms with Crippen LogP contribution in [0.1, 0.15) is 35.2 Å². The molecule has 0 unspecified atom stereocenters. The van der Waals surface area contributed by atoms with Crippen LogP contribution in [-0.4, -0.2) is 31.4 Å². The minimum atomic E-state index is -0.144. The molecule has 2 rings (SSSR count). The summed E-state index contributed by atoms with van der Waals surface area (Å²) in [7, 11) is 1.60. The van der Waals surface area contributed by atoms with Crippen LogP contribution in [0.3, 0.4) is 0 Å². The van der Waals surface area contributed by atoms with E-state index in [-0.39, 0.29) is 17.9 Å². The van der Waals surface area contributed by atoms with E-state index >= 15 is 0 Å². The van der Waals surface area contributed by atoms with Crippen LogP contribution in [0.25, 0.3) is 0 Å². The first-order valence-electron chi connectivity index (χ1n) is 6.99. The second kappa shape index (κ2) is 6.52. The van der Waals surface area contributed by atoms with E-state index in [1.165, 1.54) is 0 Å². The molecule has 1 aliphatic rings. The van der Waals surface area contributed by atoms with E-state index in [0.29, 0.717) is 11.3 Å². The number of carbonyl (C=O) groups is 2. The summed E-state index contributed by atoms with van der Waals surface area (Å²) < 4.78 is 0. The maximum absolute atomic E-state index is 12.2. The van der Waals surface area contributed by atoms with Crippen LogP contribution >= 0.6 is 0 Å². The number of amides is 2. The molecule has 5 nitrogen and oxygen atoms in total. The van der Waals surface area contributed by atoms with Gasteiger partial charge in [-0.25, -0.2) is 0 Å². The van der Waals surface area contributed by atoms with Gasteiger partial charge < -0.3 is 16.0 Å². The van der Waals surface area contributed by atoms with E-state index in [9.17, 15) is 9.59 Å². The molecular formula is C15H21N3O2. The van der Waals surface area contributed by atoms with E-state index in [0.717, 1.165) is 31.4 Å². The number of rotatable bonds is 3. The van der Waals surface area contributed by atoms with Gasteiger partial charge in [-0.05, 0) is 44.0 Å². The molecule has 0 radical (unpaired) electrons. The SMILES string of the molecule is CNC(=O)c1cccc(NC(=O)[C@H]2CCCCN2)c1C. The number of benzene rings is 1. The summed E-state index contributed by atoms with van der Waals surface area (Å²) in [5.74, 6) is -0.170. The van der Waals surface area contributed by atoms with Gasteiger partial charge >= 0.3 is 0 Å². The average Bonchev–Trinajstić information content (AvgIpc) is 2.49. The second-order valence-corrected chi connectivity index (χ2v) is 5.05. The van der Waals surface area contributed by atoms with Gasteiger partial charge in [0, 0.05) is 18.3 Å². The molecular weight excluding hydrogens is 254 g/mol. The van der Waals surface area contributed by atoms with Gasteiger partial charge in [-0.3, -0.25) is 9.59 Å². The first-order valence-corrected chi connectivity index (χ1v) is 6.99. The molecule has 2 amide bonds. The Morgan fingerprint density at radius 1 is 1.30 bits per heavy atom. The van der Waals surface area contributed by atoms with Crippen molar-refractivity contribution in [3.8, 4) is 0 Å². The molecule has 1 aromatic rings. The molecule has 20 heavy (non-hydrogen) atoms. The Balaban J connectivity index is 2.12. The third-order valence-corrected chi connectivity index (χ3v) is 3.69. The predicted molar refractivity (Wildman–Crippen MR) is 78.8 cm³/mol. The van der Waals surface area contributed by atoms with Gasteiger partial charge in [0.15, 0.2) is 0 Å². The molecule has 0 aromatic heterocycles. The fourth-order valence-corrected chi connectivity index (χ4v) is 2.45. The molecule has 0 spiro atoms. The van der Waals surface area contributed by atoms with Crippen LogP contribution in [0.2, 0.25) is 0 Å². The number of carbonyl (C=O) groups excluding carboxylic acids is 2. The van der Waals surface area contributed by atoms with Gasteiger partial charge in [0.25, 0.3) is 5.91 Å². The molecule has 0 aliphatic carbocycles. The molecule has 0 bridgehead atoms. The fourth-order valence-electron chi connectivity index (χ4n) is 2.45. The minimum absolute atomic E-state index is 0.0261. The van der Waals surface area contributed by atoms with Crippen molar-refractivity contribution < 1.29 is 9.59 Å². The summed E-state index contributed by atoms with van der Waals surface area (Å²) in [4.78, 5) is 23.9. The van der Waals surface area contributed by atoms with Gasteiger partial charge in [-0.15, -0.1) is 0 Å². The lowest BCUT2D eigenvalue weighted by atomic mass is 10.0. The van der Waals surface area contributed by atoms with Gasteiger partial charge in [-0.2, -0.15) is 0 Å². The van der Waals surface area contributed by atoms with Crippen molar-refractivity contribution in [2.75, 3.05) is 18.9 Å². The highest BCUT2D eigenvalue weighted by molar-refractivity contribution is 6.00. The summed E-state index contributed by atoms with van der Waals surface area (Å²) >= 11 is 0. The summed E-state index contributed by atoms with van der Waals surface area (Å²) in [6.07, 6.45) is 3.05. The number of hydrogen-bond donors (Lipinski definition) is 3. The summed E-state index contributed by atoms with van der Waals surface area (Å²) in [6, 6.07) is 5.22. The Labute approximate surface area is 119 Å². The zero-order chi connectivity index (χ0) is 14.5. The van der Waals surface area contributed by atoms with Crippen LogP contribution in [0.15, 0.2) is 18.2 Å². The first-order chi connectivity index (χ1) is 9.63. The maximum atomic E-state index is 12.2. The second-order valence-electron chi connectivity index (χ2n) is 5.05. The lowest BCUT2D eigenvalue weighted by Crippen LogP contribution is -2.43. The lowest BCUT2D eigenvalue weighted by Gasteiger charge is -2.23. The fraction of sp³-hybridized carbons (Fsp3) is 0.467. The normalized spacial score (nSPS) is 18.4. The molecule has 3 N–H and O–H groups in total. The Kier molecular flexibility index (Phi) is 4.74. The zero-order valence-electron chi connectivity index (χ0n) is 12.0. The van der Waals surface area contributed by atoms with Crippen molar-refractivity contribution in [1.29, 1.82) is 0 Å². The van der Waals surface area contributed by atoms with Crippen molar-refractivity contribution in [3.63, 3.8) is 0 Å². The maximum Gasteiger partial charge on any atom is 0.251 e. The van der Waals surface area contributed by atoms with Crippen LogP contribution in [0, 0.1) is 6.92 Å². The Morgan fingerprint density at radius 2 is 2.10 bits per heavy atom. The number of anilines is 1. The third-order valence-electron chi connectivity index (χ3n) is 3.69. The average molecular weight is 275 g/mol. The molecule has 1 aliphatic heterocycles. The van der Waals surface area contributed by atoms with Crippen molar-refractivity contribution in [2.45, 2.75) is 32.2 Å². The highest BCUT2D eigenvalue weighted by Gasteiger charge is 2.21. The van der Waals surface area contributed by atoms with Gasteiger partial charge in [0.05, 0.1) is 6.04 Å². The molecule has 108 valence electrons. The van der Waals surface area contributed by atoms with Crippen molar-refractivity contribution >= 4 is 17.5 Å². The van der Waals surface area contributed by atoms with E-state index in [2.05, 4.69) is 16.0 Å². The van der Waals surface area contributed by atoms with Gasteiger partial charge in [0.1, 0.15) is 0 Å². The third kappa shape index (κ3) is 3.17. The largest absolute Gasteiger partial charge is 0.355 e. The van der Waals surface area contributed by atoms with Gasteiger partial charge in [0.2, 0.25) is 5.91 Å². The molecule has 0 saturated carbocycles. The van der Waals surface area contributed by atoms with E-state index in [4.69, 9.17) is 0 Å². The Bertz CT molecular complexity index is 508. The Hall–Kier alpha value is -1.88. The first kappa shape index (κ1) is 14.5. The molecule has 1 fully saturated rings. The number of hydrogen-bond acceptors (Lipinski definition) is 3. The minimum Gasteiger partial charge on any atom is -0.355 e.